The molecule has 0 radical (unpaired) electrons. The number of anilines is 1. The number of hydrogen-bond acceptors (Lipinski definition) is 4. The molecule has 1 saturated carbocycles. The minimum atomic E-state index is -1.28. The molecule has 3 N–H and O–H groups in total. The Morgan fingerprint density at radius 2 is 2.04 bits per heavy atom. The Morgan fingerprint density at radius 1 is 1.32 bits per heavy atom. The maximum atomic E-state index is 15.2. The Morgan fingerprint density at radius 3 is 2.64 bits per heavy atom. The molecule has 3 heterocycles. The van der Waals surface area contributed by atoms with E-state index < -0.39 is 17.3 Å². The molecule has 150 valence electrons. The first kappa shape index (κ1) is 18.9. The van der Waals surface area contributed by atoms with Crippen LogP contribution < -0.4 is 16.2 Å². The van der Waals surface area contributed by atoms with Gasteiger partial charge >= 0.3 is 5.97 Å². The molecular formula is C21H26FN3O3. The van der Waals surface area contributed by atoms with Gasteiger partial charge in [-0.05, 0) is 61.6 Å². The number of aromatic nitrogens is 1. The maximum Gasteiger partial charge on any atom is 0.341 e. The Bertz CT molecular complexity index is 1010. The maximum absolute atomic E-state index is 15.2. The molecule has 6 nitrogen and oxygen atoms in total. The number of fused-ring (bicyclic) bond motifs is 1. The highest BCUT2D eigenvalue weighted by Gasteiger charge is 2.33. The van der Waals surface area contributed by atoms with Crippen LogP contribution in [0.15, 0.2) is 17.1 Å². The summed E-state index contributed by atoms with van der Waals surface area (Å²) in [5.74, 6) is -1.16. The number of rotatable bonds is 4. The lowest BCUT2D eigenvalue weighted by Gasteiger charge is -2.40. The van der Waals surface area contributed by atoms with Crippen molar-refractivity contribution < 1.29 is 14.3 Å². The summed E-state index contributed by atoms with van der Waals surface area (Å²) in [7, 11) is 0. The van der Waals surface area contributed by atoms with E-state index in [4.69, 9.17) is 5.73 Å². The van der Waals surface area contributed by atoms with E-state index in [9.17, 15) is 14.7 Å². The van der Waals surface area contributed by atoms with Gasteiger partial charge in [0.05, 0.1) is 23.6 Å². The normalized spacial score (nSPS) is 22.6. The molecule has 2 aromatic heterocycles. The first-order valence-electron chi connectivity index (χ1n) is 9.97. The van der Waals surface area contributed by atoms with Gasteiger partial charge in [-0.1, -0.05) is 13.3 Å². The zero-order valence-electron chi connectivity index (χ0n) is 16.2. The van der Waals surface area contributed by atoms with Crippen molar-refractivity contribution in [2.45, 2.75) is 58.0 Å². The third-order valence-electron chi connectivity index (χ3n) is 6.28. The van der Waals surface area contributed by atoms with Crippen LogP contribution in [0.5, 0.6) is 0 Å². The van der Waals surface area contributed by atoms with E-state index in [1.54, 1.807) is 0 Å². The van der Waals surface area contributed by atoms with Gasteiger partial charge in [0.2, 0.25) is 0 Å². The number of nitrogens with two attached hydrogens (primary N) is 1. The average molecular weight is 387 g/mol. The molecule has 4 rings (SSSR count). The van der Waals surface area contributed by atoms with Crippen LogP contribution in [-0.4, -0.2) is 28.2 Å². The lowest BCUT2D eigenvalue weighted by molar-refractivity contribution is 0.0694. The largest absolute Gasteiger partial charge is 0.477 e. The minimum Gasteiger partial charge on any atom is -0.477 e. The van der Waals surface area contributed by atoms with Crippen LogP contribution in [0.3, 0.4) is 0 Å². The molecule has 0 spiro atoms. The third kappa shape index (κ3) is 2.98. The van der Waals surface area contributed by atoms with Crippen LogP contribution in [0.1, 0.15) is 66.4 Å². The fraction of sp³-hybridized carbons (Fsp3) is 0.524. The second-order valence-electron chi connectivity index (χ2n) is 8.14. The molecule has 1 saturated heterocycles. The van der Waals surface area contributed by atoms with Gasteiger partial charge in [0.25, 0.3) is 5.56 Å². The third-order valence-corrected chi connectivity index (χ3v) is 6.28. The molecule has 2 atom stereocenters. The van der Waals surface area contributed by atoms with E-state index in [2.05, 4.69) is 6.92 Å². The lowest BCUT2D eigenvalue weighted by Crippen LogP contribution is -2.49. The SMILES string of the molecule is CCC1CCC(N)N(c2c(F)cn3c(=O)c(C(=O)O)cc(C4CC4)c3c2C)C1. The molecule has 0 amide bonds. The molecule has 28 heavy (non-hydrogen) atoms. The number of aromatic carboxylic acids is 1. The Balaban J connectivity index is 1.97. The molecule has 2 aromatic rings. The van der Waals surface area contributed by atoms with Crippen molar-refractivity contribution in [3.8, 4) is 0 Å². The van der Waals surface area contributed by atoms with Gasteiger partial charge in [0.1, 0.15) is 5.56 Å². The fourth-order valence-corrected chi connectivity index (χ4v) is 4.51. The summed E-state index contributed by atoms with van der Waals surface area (Å²) in [4.78, 5) is 26.1. The standard InChI is InChI=1S/C21H26FN3O3/c1-3-12-4-7-17(23)24(9-12)19-11(2)18-14(13-5-6-13)8-15(21(27)28)20(26)25(18)10-16(19)22/h8,10,12-13,17H,3-7,9,23H2,1-2H3,(H,27,28). The van der Waals surface area contributed by atoms with Gasteiger partial charge in [-0.15, -0.1) is 0 Å². The highest BCUT2D eigenvalue weighted by Crippen LogP contribution is 2.44. The van der Waals surface area contributed by atoms with Gasteiger partial charge in [0, 0.05) is 6.54 Å². The minimum absolute atomic E-state index is 0.212. The zero-order chi connectivity index (χ0) is 20.2. The summed E-state index contributed by atoms with van der Waals surface area (Å²) >= 11 is 0. The van der Waals surface area contributed by atoms with E-state index in [1.165, 1.54) is 10.5 Å². The van der Waals surface area contributed by atoms with Gasteiger partial charge in [-0.3, -0.25) is 9.20 Å². The number of aryl methyl sites for hydroxylation is 1. The van der Waals surface area contributed by atoms with Crippen LogP contribution in [0.2, 0.25) is 0 Å². The van der Waals surface area contributed by atoms with E-state index in [1.807, 2.05) is 11.8 Å². The Hall–Kier alpha value is -2.41. The number of carboxylic acid groups (broad SMARTS) is 1. The summed E-state index contributed by atoms with van der Waals surface area (Å²) in [5, 5.41) is 9.41. The van der Waals surface area contributed by atoms with Gasteiger partial charge in [-0.25, -0.2) is 9.18 Å². The fourth-order valence-electron chi connectivity index (χ4n) is 4.51. The van der Waals surface area contributed by atoms with Crippen LogP contribution in [0.25, 0.3) is 5.52 Å². The first-order chi connectivity index (χ1) is 13.3. The first-order valence-corrected chi connectivity index (χ1v) is 9.97. The highest BCUT2D eigenvalue weighted by molar-refractivity contribution is 5.89. The van der Waals surface area contributed by atoms with Crippen molar-refractivity contribution in [1.29, 1.82) is 0 Å². The quantitative estimate of drug-likeness (QED) is 0.841. The van der Waals surface area contributed by atoms with Gasteiger partial charge < -0.3 is 15.7 Å². The average Bonchev–Trinajstić information content (AvgIpc) is 3.48. The summed E-state index contributed by atoms with van der Waals surface area (Å²) < 4.78 is 16.4. The predicted octanol–water partition coefficient (Wildman–Crippen LogP) is 3.23. The van der Waals surface area contributed by atoms with Crippen LogP contribution in [0, 0.1) is 18.7 Å². The summed E-state index contributed by atoms with van der Waals surface area (Å²) in [6.45, 7) is 4.62. The Kier molecular flexibility index (Phi) is 4.65. The number of piperidine rings is 1. The highest BCUT2D eigenvalue weighted by atomic mass is 19.1. The van der Waals surface area contributed by atoms with Crippen molar-refractivity contribution in [3.05, 3.63) is 45.1 Å². The molecule has 2 aliphatic rings. The van der Waals surface area contributed by atoms with Crippen molar-refractivity contribution in [1.82, 2.24) is 4.40 Å². The van der Waals surface area contributed by atoms with E-state index in [-0.39, 0.29) is 17.6 Å². The molecular weight excluding hydrogens is 361 g/mol. The topological polar surface area (TPSA) is 88.0 Å². The number of nitrogens with zero attached hydrogens (tertiary/aromatic N) is 2. The number of carbonyl (C=O) groups is 1. The Labute approximate surface area is 162 Å². The second kappa shape index (κ2) is 6.88. The smallest absolute Gasteiger partial charge is 0.341 e. The van der Waals surface area contributed by atoms with E-state index in [0.717, 1.165) is 43.9 Å². The van der Waals surface area contributed by atoms with E-state index >= 15 is 4.39 Å². The molecule has 1 aliphatic heterocycles. The van der Waals surface area contributed by atoms with Crippen molar-refractivity contribution in [2.24, 2.45) is 11.7 Å². The summed E-state index contributed by atoms with van der Waals surface area (Å²) in [5.41, 5.74) is 7.85. The van der Waals surface area contributed by atoms with Gasteiger partial charge in [0.15, 0.2) is 5.82 Å². The van der Waals surface area contributed by atoms with Crippen molar-refractivity contribution in [2.75, 3.05) is 11.4 Å². The molecule has 0 bridgehead atoms. The van der Waals surface area contributed by atoms with E-state index in [0.29, 0.717) is 29.2 Å². The number of pyridine rings is 2. The second-order valence-corrected chi connectivity index (χ2v) is 8.14. The predicted molar refractivity (Wildman–Crippen MR) is 106 cm³/mol. The molecule has 0 aromatic carbocycles. The number of hydrogen-bond donors (Lipinski definition) is 2. The lowest BCUT2D eigenvalue weighted by atomic mass is 9.92. The summed E-state index contributed by atoms with van der Waals surface area (Å²) in [6, 6.07) is 1.48. The van der Waals surface area contributed by atoms with Crippen molar-refractivity contribution >= 4 is 17.2 Å². The number of carboxylic acids is 1. The van der Waals surface area contributed by atoms with Crippen LogP contribution >= 0.6 is 0 Å². The molecule has 1 aliphatic carbocycles. The number of halogens is 1. The van der Waals surface area contributed by atoms with Crippen molar-refractivity contribution in [3.63, 3.8) is 0 Å². The summed E-state index contributed by atoms with van der Waals surface area (Å²) in [6.07, 6.45) is 5.58. The molecule has 7 heteroatoms. The molecule has 2 fully saturated rings. The monoisotopic (exact) mass is 387 g/mol. The van der Waals surface area contributed by atoms with Crippen LogP contribution in [0.4, 0.5) is 10.1 Å². The zero-order valence-corrected chi connectivity index (χ0v) is 16.2. The van der Waals surface area contributed by atoms with Gasteiger partial charge in [-0.2, -0.15) is 0 Å². The van der Waals surface area contributed by atoms with Crippen LogP contribution in [-0.2, 0) is 0 Å². The molecule has 2 unspecified atom stereocenters.